The lowest BCUT2D eigenvalue weighted by Gasteiger charge is -2.10. The molecule has 1 aliphatic carbocycles. The second kappa shape index (κ2) is 6.81. The molecule has 1 fully saturated rings. The molecule has 2 rings (SSSR count). The van der Waals surface area contributed by atoms with Gasteiger partial charge in [-0.15, -0.1) is 0 Å². The van der Waals surface area contributed by atoms with Crippen molar-refractivity contribution in [1.82, 2.24) is 5.32 Å². The van der Waals surface area contributed by atoms with Crippen LogP contribution < -0.4 is 11.1 Å². The fourth-order valence-corrected chi connectivity index (χ4v) is 2.66. The van der Waals surface area contributed by atoms with Gasteiger partial charge in [-0.25, -0.2) is 4.39 Å². The molecule has 1 aromatic carbocycles. The minimum Gasteiger partial charge on any atom is -0.392 e. The first-order chi connectivity index (χ1) is 9.58. The molecule has 4 N–H and O–H groups in total. The lowest BCUT2D eigenvalue weighted by atomic mass is 10.0. The second-order valence-corrected chi connectivity index (χ2v) is 5.50. The summed E-state index contributed by atoms with van der Waals surface area (Å²) in [6, 6.07) is 4.82. The summed E-state index contributed by atoms with van der Waals surface area (Å²) in [6.45, 7) is -0.0133. The number of rotatable bonds is 5. The Bertz CT molecular complexity index is 479. The number of nitrogens with one attached hydrogen (secondary N) is 1. The van der Waals surface area contributed by atoms with Gasteiger partial charge >= 0.3 is 0 Å². The van der Waals surface area contributed by atoms with Crippen molar-refractivity contribution in [2.24, 2.45) is 11.7 Å². The molecule has 2 atom stereocenters. The van der Waals surface area contributed by atoms with Crippen molar-refractivity contribution < 1.29 is 14.3 Å². The van der Waals surface area contributed by atoms with E-state index in [1.807, 2.05) is 0 Å². The average molecular weight is 280 g/mol. The molecule has 110 valence electrons. The molecule has 1 saturated carbocycles. The predicted octanol–water partition coefficient (Wildman–Crippen LogP) is 1.45. The van der Waals surface area contributed by atoms with Crippen LogP contribution >= 0.6 is 0 Å². The molecule has 20 heavy (non-hydrogen) atoms. The summed E-state index contributed by atoms with van der Waals surface area (Å²) >= 11 is 0. The Balaban J connectivity index is 1.79. The van der Waals surface area contributed by atoms with Gasteiger partial charge in [0.25, 0.3) is 0 Å². The smallest absolute Gasteiger partial charge is 0.220 e. The van der Waals surface area contributed by atoms with Gasteiger partial charge in [-0.05, 0) is 36.8 Å². The maximum Gasteiger partial charge on any atom is 0.220 e. The minimum atomic E-state index is -0.444. The van der Waals surface area contributed by atoms with Gasteiger partial charge in [0.2, 0.25) is 5.91 Å². The number of carbonyl (C=O) groups excluding carboxylic acids is 1. The van der Waals surface area contributed by atoms with Crippen molar-refractivity contribution in [1.29, 1.82) is 0 Å². The van der Waals surface area contributed by atoms with Crippen LogP contribution in [0.25, 0.3) is 0 Å². The Morgan fingerprint density at radius 1 is 1.45 bits per heavy atom. The lowest BCUT2D eigenvalue weighted by Crippen LogP contribution is -2.25. The van der Waals surface area contributed by atoms with Gasteiger partial charge in [0.15, 0.2) is 0 Å². The van der Waals surface area contributed by atoms with E-state index in [0.717, 1.165) is 19.3 Å². The van der Waals surface area contributed by atoms with E-state index < -0.39 is 5.82 Å². The van der Waals surface area contributed by atoms with Crippen LogP contribution in [0.1, 0.15) is 36.8 Å². The van der Waals surface area contributed by atoms with Crippen LogP contribution in [-0.4, -0.2) is 17.1 Å². The molecule has 5 heteroatoms. The summed E-state index contributed by atoms with van der Waals surface area (Å²) in [7, 11) is 0. The zero-order valence-electron chi connectivity index (χ0n) is 11.4. The highest BCUT2D eigenvalue weighted by Gasteiger charge is 2.23. The molecular weight excluding hydrogens is 259 g/mol. The topological polar surface area (TPSA) is 75.4 Å². The Hall–Kier alpha value is -1.46. The molecule has 4 nitrogen and oxygen atoms in total. The van der Waals surface area contributed by atoms with Crippen LogP contribution in [0.15, 0.2) is 18.2 Å². The van der Waals surface area contributed by atoms with Crippen molar-refractivity contribution in [3.8, 4) is 0 Å². The normalized spacial score (nSPS) is 21.9. The Kier molecular flexibility index (Phi) is 5.09. The van der Waals surface area contributed by atoms with Crippen molar-refractivity contribution in [3.63, 3.8) is 0 Å². The van der Waals surface area contributed by atoms with Gasteiger partial charge in [-0.2, -0.15) is 0 Å². The summed E-state index contributed by atoms with van der Waals surface area (Å²) in [4.78, 5) is 11.8. The SMILES string of the molecule is N[C@H]1CC[C@@H](CC(=O)NCc2ccc(CO)c(F)c2)C1. The number of carbonyl (C=O) groups is 1. The van der Waals surface area contributed by atoms with Gasteiger partial charge in [0, 0.05) is 24.6 Å². The highest BCUT2D eigenvalue weighted by atomic mass is 19.1. The standard InChI is InChI=1S/C15H21FN2O2/c16-14-6-11(1-3-12(14)9-19)8-18-15(20)7-10-2-4-13(17)5-10/h1,3,6,10,13,19H,2,4-5,7-9,17H2,(H,18,20)/t10-,13+/m1/s1. The number of nitrogens with two attached hydrogens (primary N) is 1. The number of aliphatic hydroxyl groups excluding tert-OH is 1. The van der Waals surface area contributed by atoms with Gasteiger partial charge in [-0.3, -0.25) is 4.79 Å². The number of hydrogen-bond donors (Lipinski definition) is 3. The average Bonchev–Trinajstić information content (AvgIpc) is 2.82. The van der Waals surface area contributed by atoms with E-state index in [9.17, 15) is 9.18 Å². The van der Waals surface area contributed by atoms with E-state index in [1.165, 1.54) is 12.1 Å². The molecule has 1 aliphatic rings. The zero-order valence-corrected chi connectivity index (χ0v) is 11.4. The quantitative estimate of drug-likeness (QED) is 0.764. The third-order valence-electron chi connectivity index (χ3n) is 3.83. The maximum atomic E-state index is 13.5. The second-order valence-electron chi connectivity index (χ2n) is 5.50. The van der Waals surface area contributed by atoms with Gasteiger partial charge in [0.1, 0.15) is 5.82 Å². The van der Waals surface area contributed by atoms with Crippen molar-refractivity contribution in [2.75, 3.05) is 0 Å². The van der Waals surface area contributed by atoms with E-state index in [4.69, 9.17) is 10.8 Å². The predicted molar refractivity (Wildman–Crippen MR) is 74.1 cm³/mol. The fraction of sp³-hybridized carbons (Fsp3) is 0.533. The highest BCUT2D eigenvalue weighted by Crippen LogP contribution is 2.26. The summed E-state index contributed by atoms with van der Waals surface area (Å²) in [5.74, 6) is -0.0877. The summed E-state index contributed by atoms with van der Waals surface area (Å²) in [6.07, 6.45) is 3.40. The van der Waals surface area contributed by atoms with Crippen LogP contribution in [0, 0.1) is 11.7 Å². The highest BCUT2D eigenvalue weighted by molar-refractivity contribution is 5.76. The molecule has 0 aromatic heterocycles. The lowest BCUT2D eigenvalue weighted by molar-refractivity contribution is -0.122. The van der Waals surface area contributed by atoms with Crippen molar-refractivity contribution in [3.05, 3.63) is 35.1 Å². The first kappa shape index (κ1) is 14.9. The molecule has 0 bridgehead atoms. The molecule has 1 amide bonds. The van der Waals surface area contributed by atoms with Gasteiger partial charge < -0.3 is 16.2 Å². The van der Waals surface area contributed by atoms with Crippen LogP contribution in [-0.2, 0) is 17.9 Å². The molecule has 0 saturated heterocycles. The largest absolute Gasteiger partial charge is 0.392 e. The zero-order chi connectivity index (χ0) is 14.5. The van der Waals surface area contributed by atoms with Crippen LogP contribution in [0.2, 0.25) is 0 Å². The maximum absolute atomic E-state index is 13.5. The fourth-order valence-electron chi connectivity index (χ4n) is 2.66. The third-order valence-corrected chi connectivity index (χ3v) is 3.83. The number of benzene rings is 1. The number of aliphatic hydroxyl groups is 1. The first-order valence-electron chi connectivity index (χ1n) is 6.99. The Morgan fingerprint density at radius 3 is 2.85 bits per heavy atom. The molecule has 0 unspecified atom stereocenters. The van der Waals surface area contributed by atoms with E-state index in [2.05, 4.69) is 5.32 Å². The van der Waals surface area contributed by atoms with E-state index >= 15 is 0 Å². The summed E-state index contributed by atoms with van der Waals surface area (Å²) in [5.41, 5.74) is 6.77. The van der Waals surface area contributed by atoms with E-state index in [0.29, 0.717) is 24.4 Å². The van der Waals surface area contributed by atoms with Gasteiger partial charge in [0.05, 0.1) is 6.61 Å². The third kappa shape index (κ3) is 4.02. The first-order valence-corrected chi connectivity index (χ1v) is 6.99. The van der Waals surface area contributed by atoms with Crippen LogP contribution in [0.3, 0.4) is 0 Å². The van der Waals surface area contributed by atoms with Crippen LogP contribution in [0.5, 0.6) is 0 Å². The molecule has 0 spiro atoms. The summed E-state index contributed by atoms with van der Waals surface area (Å²) in [5, 5.41) is 11.7. The molecule has 0 heterocycles. The summed E-state index contributed by atoms with van der Waals surface area (Å²) < 4.78 is 13.5. The molecule has 0 radical (unpaired) electrons. The van der Waals surface area contributed by atoms with E-state index in [-0.39, 0.29) is 24.1 Å². The van der Waals surface area contributed by atoms with Crippen molar-refractivity contribution >= 4 is 5.91 Å². The van der Waals surface area contributed by atoms with Crippen LogP contribution in [0.4, 0.5) is 4.39 Å². The van der Waals surface area contributed by atoms with E-state index in [1.54, 1.807) is 6.07 Å². The Morgan fingerprint density at radius 2 is 2.25 bits per heavy atom. The van der Waals surface area contributed by atoms with Gasteiger partial charge in [-0.1, -0.05) is 12.1 Å². The molecule has 1 aromatic rings. The molecular formula is C15H21FN2O2. The number of hydrogen-bond acceptors (Lipinski definition) is 3. The number of amides is 1. The molecule has 0 aliphatic heterocycles. The van der Waals surface area contributed by atoms with Crippen molar-refractivity contribution in [2.45, 2.75) is 44.9 Å². The monoisotopic (exact) mass is 280 g/mol. The Labute approximate surface area is 118 Å². The minimum absolute atomic E-state index is 0.0178. The number of halogens is 1.